The van der Waals surface area contributed by atoms with Crippen molar-refractivity contribution in [2.45, 2.75) is 107 Å². The number of ether oxygens (including phenoxy) is 6. The van der Waals surface area contributed by atoms with Crippen LogP contribution in [0.25, 0.3) is 0 Å². The van der Waals surface area contributed by atoms with Crippen molar-refractivity contribution in [3.05, 3.63) is 0 Å². The summed E-state index contributed by atoms with van der Waals surface area (Å²) in [5, 5.41) is 0. The Labute approximate surface area is 175 Å². The summed E-state index contributed by atoms with van der Waals surface area (Å²) in [6, 6.07) is 0. The molecule has 0 aromatic rings. The maximum atomic E-state index is 5.47. The van der Waals surface area contributed by atoms with Gasteiger partial charge in [0.2, 0.25) is 0 Å². The summed E-state index contributed by atoms with van der Waals surface area (Å²) < 4.78 is 30.7. The van der Waals surface area contributed by atoms with E-state index in [1.807, 2.05) is 0 Å². The van der Waals surface area contributed by atoms with Crippen molar-refractivity contribution in [1.29, 1.82) is 0 Å². The van der Waals surface area contributed by atoms with Crippen LogP contribution in [0, 0.1) is 0 Å². The molecule has 7 heterocycles. The van der Waals surface area contributed by atoms with Crippen molar-refractivity contribution in [1.82, 2.24) is 0 Å². The summed E-state index contributed by atoms with van der Waals surface area (Å²) in [5.74, 6) is 0. The number of epoxide rings is 2. The number of fused-ring (bicyclic) bond motifs is 4. The van der Waals surface area contributed by atoms with Crippen LogP contribution in [0.4, 0.5) is 0 Å². The summed E-state index contributed by atoms with van der Waals surface area (Å²) in [7, 11) is 0. The van der Waals surface area contributed by atoms with E-state index in [1.165, 1.54) is 57.8 Å². The smallest absolute Gasteiger partial charge is 0.0859 e. The van der Waals surface area contributed by atoms with Crippen LogP contribution < -0.4 is 0 Å². The molecule has 0 aromatic heterocycles. The van der Waals surface area contributed by atoms with E-state index >= 15 is 0 Å². The second-order valence-corrected chi connectivity index (χ2v) is 9.01. The second-order valence-electron chi connectivity index (χ2n) is 9.01. The molecule has 4 atom stereocenters. The third-order valence-electron chi connectivity index (χ3n) is 6.59. The van der Waals surface area contributed by atoms with E-state index in [1.54, 1.807) is 0 Å². The molecule has 6 nitrogen and oxygen atoms in total. The molecule has 1 aliphatic carbocycles. The fourth-order valence-electron chi connectivity index (χ4n) is 4.52. The first-order chi connectivity index (χ1) is 14.4. The summed E-state index contributed by atoms with van der Waals surface area (Å²) in [5.41, 5.74) is 0. The van der Waals surface area contributed by atoms with Crippen molar-refractivity contribution >= 4 is 0 Å². The van der Waals surface area contributed by atoms with Gasteiger partial charge in [0.25, 0.3) is 0 Å². The fraction of sp³-hybridized carbons (Fsp3) is 1.00. The Morgan fingerprint density at radius 1 is 0.379 bits per heavy atom. The molecule has 0 spiro atoms. The molecule has 29 heavy (non-hydrogen) atoms. The molecule has 8 fully saturated rings. The zero-order chi connectivity index (χ0) is 19.7. The summed E-state index contributed by atoms with van der Waals surface area (Å²) >= 11 is 0. The van der Waals surface area contributed by atoms with Crippen LogP contribution in [0.3, 0.4) is 0 Å². The molecule has 168 valence electrons. The third-order valence-corrected chi connectivity index (χ3v) is 6.59. The normalized spacial score (nSPS) is 41.4. The number of hydrogen-bond donors (Lipinski definition) is 0. The lowest BCUT2D eigenvalue weighted by Gasteiger charge is -2.09. The van der Waals surface area contributed by atoms with Crippen LogP contribution in [-0.2, 0) is 28.4 Å². The van der Waals surface area contributed by atoms with Gasteiger partial charge in [0, 0.05) is 26.4 Å². The van der Waals surface area contributed by atoms with E-state index in [2.05, 4.69) is 4.74 Å². The molecule has 8 rings (SSSR count). The quantitative estimate of drug-likeness (QED) is 0.566. The van der Waals surface area contributed by atoms with E-state index in [4.69, 9.17) is 23.7 Å². The maximum Gasteiger partial charge on any atom is 0.0859 e. The minimum atomic E-state index is 0.454. The van der Waals surface area contributed by atoms with E-state index in [-0.39, 0.29) is 0 Å². The Hall–Kier alpha value is -0.240. The lowest BCUT2D eigenvalue weighted by atomic mass is 10.0. The van der Waals surface area contributed by atoms with Gasteiger partial charge in [-0.25, -0.2) is 0 Å². The Morgan fingerprint density at radius 3 is 1.10 bits per heavy atom. The Balaban J connectivity index is 0.0000000916. The predicted octanol–water partition coefficient (Wildman–Crippen LogP) is 3.64. The molecule has 7 saturated heterocycles. The highest BCUT2D eigenvalue weighted by atomic mass is 16.6. The van der Waals surface area contributed by atoms with Crippen LogP contribution in [0.1, 0.15) is 70.6 Å². The topological polar surface area (TPSA) is 62.0 Å². The van der Waals surface area contributed by atoms with Gasteiger partial charge in [-0.3, -0.25) is 0 Å². The highest BCUT2D eigenvalue weighted by molar-refractivity contribution is 4.88. The van der Waals surface area contributed by atoms with Crippen LogP contribution >= 0.6 is 0 Å². The monoisotopic (exact) mass is 412 g/mol. The molecule has 0 radical (unpaired) electrons. The van der Waals surface area contributed by atoms with Crippen molar-refractivity contribution in [2.24, 2.45) is 0 Å². The molecule has 1 saturated carbocycles. The van der Waals surface area contributed by atoms with Crippen molar-refractivity contribution in [2.75, 3.05) is 39.6 Å². The van der Waals surface area contributed by atoms with Crippen LogP contribution in [0.5, 0.6) is 0 Å². The minimum Gasteiger partial charge on any atom is -0.381 e. The highest BCUT2D eigenvalue weighted by Gasteiger charge is 2.39. The van der Waals surface area contributed by atoms with Crippen LogP contribution in [-0.4, -0.2) is 76.3 Å². The summed E-state index contributed by atoms with van der Waals surface area (Å²) in [6.45, 7) is 5.82. The molecule has 0 amide bonds. The fourth-order valence-corrected chi connectivity index (χ4v) is 4.52. The predicted molar refractivity (Wildman–Crippen MR) is 109 cm³/mol. The lowest BCUT2D eigenvalue weighted by Crippen LogP contribution is -2.13. The van der Waals surface area contributed by atoms with E-state index in [9.17, 15) is 0 Å². The standard InChI is InChI=1S/C6H10O2.2C6H10O.C3H6O.C2H4O/c1-3-7-6-2-4-8-5(1)6;1-2-6-4-3-5(1)7-6;1-2-4-6-5(3-1)7-6;1-2-4-3-1;1-2-3-1/h5-6H,1-4H2;2*5-6H,1-4H2;1-3H2;1-2H2. The molecular formula is C23H40O6. The highest BCUT2D eigenvalue weighted by Crippen LogP contribution is 2.36. The van der Waals surface area contributed by atoms with Gasteiger partial charge in [-0.15, -0.1) is 0 Å². The van der Waals surface area contributed by atoms with Gasteiger partial charge >= 0.3 is 0 Å². The summed E-state index contributed by atoms with van der Waals surface area (Å²) in [6.07, 6.45) is 18.0. The van der Waals surface area contributed by atoms with Gasteiger partial charge in [-0.05, 0) is 57.8 Å². The maximum absolute atomic E-state index is 5.47. The zero-order valence-electron chi connectivity index (χ0n) is 17.9. The summed E-state index contributed by atoms with van der Waals surface area (Å²) in [4.78, 5) is 0. The second kappa shape index (κ2) is 12.0. The van der Waals surface area contributed by atoms with Gasteiger partial charge < -0.3 is 28.4 Å². The molecule has 4 unspecified atom stereocenters. The third kappa shape index (κ3) is 8.08. The Kier molecular flexibility index (Phi) is 9.07. The van der Waals surface area contributed by atoms with Crippen LogP contribution in [0.2, 0.25) is 0 Å². The van der Waals surface area contributed by atoms with Crippen LogP contribution in [0.15, 0.2) is 0 Å². The van der Waals surface area contributed by atoms with Gasteiger partial charge in [-0.1, -0.05) is 12.8 Å². The molecule has 0 N–H and O–H groups in total. The average molecular weight is 413 g/mol. The molecule has 8 aliphatic rings. The Morgan fingerprint density at radius 2 is 0.828 bits per heavy atom. The first-order valence-corrected chi connectivity index (χ1v) is 12.1. The molecule has 7 aliphatic heterocycles. The molecule has 2 bridgehead atoms. The van der Waals surface area contributed by atoms with Gasteiger partial charge in [0.15, 0.2) is 0 Å². The average Bonchev–Trinajstić information content (AvgIpc) is 3.52. The van der Waals surface area contributed by atoms with Gasteiger partial charge in [-0.2, -0.15) is 0 Å². The molecule has 6 heteroatoms. The van der Waals surface area contributed by atoms with Crippen molar-refractivity contribution < 1.29 is 28.4 Å². The number of rotatable bonds is 0. The molecular weight excluding hydrogens is 372 g/mol. The van der Waals surface area contributed by atoms with E-state index < -0.39 is 0 Å². The van der Waals surface area contributed by atoms with E-state index in [0.717, 1.165) is 52.5 Å². The van der Waals surface area contributed by atoms with Crippen molar-refractivity contribution in [3.63, 3.8) is 0 Å². The largest absolute Gasteiger partial charge is 0.381 e. The lowest BCUT2D eigenvalue weighted by molar-refractivity contribution is 0.0367. The number of hydrogen-bond acceptors (Lipinski definition) is 6. The Bertz CT molecular complexity index is 400. The van der Waals surface area contributed by atoms with Crippen molar-refractivity contribution in [3.8, 4) is 0 Å². The van der Waals surface area contributed by atoms with E-state index in [0.29, 0.717) is 36.6 Å². The molecule has 0 aromatic carbocycles. The first kappa shape index (κ1) is 22.0. The van der Waals surface area contributed by atoms with Gasteiger partial charge in [0.1, 0.15) is 0 Å². The SMILES string of the molecule is C1CC2CCC1O2.C1CC2OCCC2O1.C1CCC2OC2C1.C1CO1.C1COC1. The van der Waals surface area contributed by atoms with Gasteiger partial charge in [0.05, 0.1) is 49.8 Å². The zero-order valence-corrected chi connectivity index (χ0v) is 17.9. The first-order valence-electron chi connectivity index (χ1n) is 12.1. The minimum absolute atomic E-state index is 0.454.